The fraction of sp³-hybridized carbons (Fsp3) is 0.500. The first-order valence-corrected chi connectivity index (χ1v) is 5.73. The number of ether oxygens (including phenoxy) is 1. The van der Waals surface area contributed by atoms with E-state index in [1.54, 1.807) is 0 Å². The van der Waals surface area contributed by atoms with Crippen molar-refractivity contribution in [1.29, 1.82) is 0 Å². The number of aliphatic hydroxyl groups is 3. The van der Waals surface area contributed by atoms with Crippen molar-refractivity contribution in [3.8, 4) is 12.3 Å². The van der Waals surface area contributed by atoms with Crippen LogP contribution in [0.3, 0.4) is 0 Å². The van der Waals surface area contributed by atoms with Crippen molar-refractivity contribution in [1.82, 2.24) is 9.55 Å². The van der Waals surface area contributed by atoms with Crippen molar-refractivity contribution < 1.29 is 20.1 Å². The molecule has 20 heavy (non-hydrogen) atoms. The Morgan fingerprint density at radius 2 is 2.20 bits per heavy atom. The number of nitrogens with zero attached hydrogens (tertiary/aromatic N) is 1. The molecule has 0 amide bonds. The van der Waals surface area contributed by atoms with Gasteiger partial charge in [0.25, 0.3) is 5.56 Å². The standard InChI is InChI=1S/C12H16N2O6/c1-3-8(17)12(2,7-16)20-10(6-15)14-5-4-9(18)13-11(14)19/h1,4-5,8,10,15-17H,6-7H2,2H3,(H,13,18,19)/t8-,10+,12+/m0/s1. The molecule has 4 N–H and O–H groups in total. The van der Waals surface area contributed by atoms with Crippen LogP contribution in [0.2, 0.25) is 0 Å². The molecule has 1 heterocycles. The summed E-state index contributed by atoms with van der Waals surface area (Å²) in [7, 11) is 0. The molecule has 0 aliphatic heterocycles. The van der Waals surface area contributed by atoms with E-state index in [9.17, 15) is 24.9 Å². The molecule has 8 heteroatoms. The summed E-state index contributed by atoms with van der Waals surface area (Å²) < 4.78 is 6.26. The maximum atomic E-state index is 11.6. The smallest absolute Gasteiger partial charge is 0.330 e. The molecule has 110 valence electrons. The summed E-state index contributed by atoms with van der Waals surface area (Å²) in [5.74, 6) is 2.00. The molecule has 0 aromatic carbocycles. The Hall–Kier alpha value is -1.92. The molecule has 1 aromatic heterocycles. The van der Waals surface area contributed by atoms with E-state index in [4.69, 9.17) is 11.2 Å². The average molecular weight is 284 g/mol. The Balaban J connectivity index is 3.11. The van der Waals surface area contributed by atoms with Gasteiger partial charge in [0.15, 0.2) is 6.23 Å². The predicted molar refractivity (Wildman–Crippen MR) is 68.9 cm³/mol. The largest absolute Gasteiger partial charge is 0.393 e. The van der Waals surface area contributed by atoms with Crippen LogP contribution in [0.1, 0.15) is 13.2 Å². The first-order chi connectivity index (χ1) is 9.37. The molecule has 0 radical (unpaired) electrons. The van der Waals surface area contributed by atoms with E-state index in [2.05, 4.69) is 0 Å². The zero-order chi connectivity index (χ0) is 15.3. The van der Waals surface area contributed by atoms with Crippen LogP contribution < -0.4 is 11.2 Å². The van der Waals surface area contributed by atoms with Crippen molar-refractivity contribution >= 4 is 0 Å². The summed E-state index contributed by atoms with van der Waals surface area (Å²) in [6, 6.07) is 1.07. The van der Waals surface area contributed by atoms with E-state index >= 15 is 0 Å². The lowest BCUT2D eigenvalue weighted by atomic mass is 10.0. The lowest BCUT2D eigenvalue weighted by molar-refractivity contribution is -0.185. The number of hydrogen-bond donors (Lipinski definition) is 4. The molecule has 1 rings (SSSR count). The number of nitrogens with one attached hydrogen (secondary N) is 1. The fourth-order valence-corrected chi connectivity index (χ4v) is 1.51. The van der Waals surface area contributed by atoms with Crippen LogP contribution in [-0.4, -0.2) is 49.8 Å². The Morgan fingerprint density at radius 1 is 1.55 bits per heavy atom. The number of hydrogen-bond acceptors (Lipinski definition) is 6. The van der Waals surface area contributed by atoms with Crippen LogP contribution in [0.25, 0.3) is 0 Å². The van der Waals surface area contributed by atoms with Gasteiger partial charge in [0, 0.05) is 12.3 Å². The van der Waals surface area contributed by atoms with E-state index in [0.29, 0.717) is 0 Å². The van der Waals surface area contributed by atoms with Crippen molar-refractivity contribution in [3.63, 3.8) is 0 Å². The highest BCUT2D eigenvalue weighted by atomic mass is 16.6. The SMILES string of the molecule is C#C[C@H](O)[C@@](C)(CO)O[C@H](CO)n1ccc(=O)[nH]c1=O. The Bertz CT molecular complexity index is 601. The first-order valence-electron chi connectivity index (χ1n) is 5.73. The molecule has 0 aliphatic carbocycles. The van der Waals surface area contributed by atoms with Crippen LogP contribution in [0.4, 0.5) is 0 Å². The van der Waals surface area contributed by atoms with E-state index in [-0.39, 0.29) is 0 Å². The van der Waals surface area contributed by atoms with Gasteiger partial charge in [-0.3, -0.25) is 14.3 Å². The van der Waals surface area contributed by atoms with E-state index in [1.165, 1.54) is 6.92 Å². The zero-order valence-electron chi connectivity index (χ0n) is 10.8. The van der Waals surface area contributed by atoms with Crippen LogP contribution in [0, 0.1) is 12.3 Å². The lowest BCUT2D eigenvalue weighted by Crippen LogP contribution is -2.48. The summed E-state index contributed by atoms with van der Waals surface area (Å²) in [6.45, 7) is 0.0721. The third-order valence-electron chi connectivity index (χ3n) is 2.77. The Kier molecular flexibility index (Phi) is 5.24. The number of aliphatic hydroxyl groups excluding tert-OH is 3. The van der Waals surface area contributed by atoms with Gasteiger partial charge in [-0.05, 0) is 6.92 Å². The molecule has 8 nitrogen and oxygen atoms in total. The van der Waals surface area contributed by atoms with E-state index < -0.39 is 42.4 Å². The maximum absolute atomic E-state index is 11.6. The number of terminal acetylenes is 1. The van der Waals surface area contributed by atoms with Gasteiger partial charge in [-0.2, -0.15) is 0 Å². The highest BCUT2D eigenvalue weighted by molar-refractivity contribution is 5.04. The van der Waals surface area contributed by atoms with Gasteiger partial charge in [0.05, 0.1) is 13.2 Å². The van der Waals surface area contributed by atoms with Crippen LogP contribution in [0.5, 0.6) is 0 Å². The van der Waals surface area contributed by atoms with E-state index in [0.717, 1.165) is 16.8 Å². The normalized spacial score (nSPS) is 16.9. The minimum atomic E-state index is -1.57. The molecule has 0 unspecified atom stereocenters. The van der Waals surface area contributed by atoms with Crippen molar-refractivity contribution in [3.05, 3.63) is 33.1 Å². The van der Waals surface area contributed by atoms with Crippen molar-refractivity contribution in [2.24, 2.45) is 0 Å². The monoisotopic (exact) mass is 284 g/mol. The number of H-pyrrole nitrogens is 1. The topological polar surface area (TPSA) is 125 Å². The molecule has 0 saturated heterocycles. The van der Waals surface area contributed by atoms with Crippen molar-refractivity contribution in [2.45, 2.75) is 24.9 Å². The minimum absolute atomic E-state index is 0.600. The lowest BCUT2D eigenvalue weighted by Gasteiger charge is -2.33. The van der Waals surface area contributed by atoms with Crippen LogP contribution >= 0.6 is 0 Å². The van der Waals surface area contributed by atoms with Crippen LogP contribution in [0.15, 0.2) is 21.9 Å². The van der Waals surface area contributed by atoms with Gasteiger partial charge in [-0.25, -0.2) is 4.79 Å². The third-order valence-corrected chi connectivity index (χ3v) is 2.77. The molecular weight excluding hydrogens is 268 g/mol. The molecule has 0 bridgehead atoms. The van der Waals surface area contributed by atoms with Gasteiger partial charge in [0.2, 0.25) is 0 Å². The molecule has 0 aliphatic rings. The second-order valence-electron chi connectivity index (χ2n) is 4.31. The Labute approximate surface area is 114 Å². The molecule has 0 fully saturated rings. The summed E-state index contributed by atoms with van der Waals surface area (Å²) in [5, 5.41) is 28.2. The highest BCUT2D eigenvalue weighted by Crippen LogP contribution is 2.21. The number of aromatic amines is 1. The molecule has 0 saturated carbocycles. The maximum Gasteiger partial charge on any atom is 0.330 e. The number of aromatic nitrogens is 2. The molecule has 3 atom stereocenters. The number of rotatable bonds is 6. The molecule has 1 aromatic rings. The first kappa shape index (κ1) is 16.1. The summed E-state index contributed by atoms with van der Waals surface area (Å²) in [4.78, 5) is 24.6. The highest BCUT2D eigenvalue weighted by Gasteiger charge is 2.36. The second kappa shape index (κ2) is 6.49. The van der Waals surface area contributed by atoms with E-state index in [1.807, 2.05) is 10.9 Å². The van der Waals surface area contributed by atoms with Gasteiger partial charge < -0.3 is 20.1 Å². The predicted octanol–water partition coefficient (Wildman–Crippen LogP) is -2.21. The summed E-state index contributed by atoms with van der Waals surface area (Å²) in [5.41, 5.74) is -2.97. The average Bonchev–Trinajstić information content (AvgIpc) is 2.44. The third kappa shape index (κ3) is 3.34. The molecule has 0 spiro atoms. The summed E-state index contributed by atoms with van der Waals surface area (Å²) in [6.07, 6.45) is 3.53. The van der Waals surface area contributed by atoms with Crippen LogP contribution in [-0.2, 0) is 4.74 Å². The van der Waals surface area contributed by atoms with Crippen molar-refractivity contribution in [2.75, 3.05) is 13.2 Å². The zero-order valence-corrected chi connectivity index (χ0v) is 10.8. The fourth-order valence-electron chi connectivity index (χ4n) is 1.51. The second-order valence-corrected chi connectivity index (χ2v) is 4.31. The molecular formula is C12H16N2O6. The van der Waals surface area contributed by atoms with Gasteiger partial charge in [0.1, 0.15) is 11.7 Å². The van der Waals surface area contributed by atoms with Gasteiger partial charge in [-0.15, -0.1) is 6.42 Å². The quantitative estimate of drug-likeness (QED) is 0.439. The minimum Gasteiger partial charge on any atom is -0.393 e. The van der Waals surface area contributed by atoms with Gasteiger partial charge in [-0.1, -0.05) is 5.92 Å². The summed E-state index contributed by atoms with van der Waals surface area (Å²) >= 11 is 0. The Morgan fingerprint density at radius 3 is 2.65 bits per heavy atom. The van der Waals surface area contributed by atoms with Gasteiger partial charge >= 0.3 is 5.69 Å².